The number of rotatable bonds is 4. The number of carboxylic acids is 1. The molecule has 0 spiro atoms. The number of halogens is 3. The van der Waals surface area contributed by atoms with E-state index in [1.54, 1.807) is 5.38 Å². The van der Waals surface area contributed by atoms with Gasteiger partial charge in [0.15, 0.2) is 16.8 Å². The van der Waals surface area contributed by atoms with Crippen molar-refractivity contribution in [2.75, 3.05) is 18.0 Å². The smallest absolute Gasteiger partial charge is 0.478 e. The van der Waals surface area contributed by atoms with Gasteiger partial charge in [-0.3, -0.25) is 0 Å². The van der Waals surface area contributed by atoms with Crippen LogP contribution >= 0.6 is 11.3 Å². The summed E-state index contributed by atoms with van der Waals surface area (Å²) in [5, 5.41) is 14.9. The van der Waals surface area contributed by atoms with E-state index in [-0.39, 0.29) is 34.8 Å². The maximum absolute atomic E-state index is 13.0. The molecule has 0 radical (unpaired) electrons. The highest BCUT2D eigenvalue weighted by Gasteiger charge is 2.40. The van der Waals surface area contributed by atoms with Crippen molar-refractivity contribution in [3.63, 3.8) is 0 Å². The second-order valence-electron chi connectivity index (χ2n) is 6.87. The Morgan fingerprint density at radius 2 is 2.10 bits per heavy atom. The lowest BCUT2D eigenvalue weighted by molar-refractivity contribution is -0.274. The molecular formula is C17H13F3N4O4S. The maximum Gasteiger partial charge on any atom is 0.573 e. The monoisotopic (exact) mass is 426 g/mol. The molecule has 2 aromatic heterocycles. The third-order valence-electron chi connectivity index (χ3n) is 4.91. The molecule has 3 aliphatic heterocycles. The van der Waals surface area contributed by atoms with Crippen molar-refractivity contribution in [1.82, 2.24) is 15.3 Å². The zero-order chi connectivity index (χ0) is 20.3. The summed E-state index contributed by atoms with van der Waals surface area (Å²) in [5.74, 6) is -2.47. The lowest BCUT2D eigenvalue weighted by atomic mass is 9.92. The first-order chi connectivity index (χ1) is 13.8. The molecule has 3 aliphatic rings. The number of ether oxygens (including phenoxy) is 1. The summed E-state index contributed by atoms with van der Waals surface area (Å²) in [6.45, 7) is 1.19. The average molecular weight is 426 g/mol. The van der Waals surface area contributed by atoms with E-state index in [0.717, 1.165) is 12.5 Å². The highest BCUT2D eigenvalue weighted by atomic mass is 32.1. The quantitative estimate of drug-likeness (QED) is 0.657. The summed E-state index contributed by atoms with van der Waals surface area (Å²) < 4.78 is 48.9. The second kappa shape index (κ2) is 6.32. The molecule has 29 heavy (non-hydrogen) atoms. The molecule has 2 atom stereocenters. The van der Waals surface area contributed by atoms with E-state index in [4.69, 9.17) is 4.42 Å². The number of carbonyl (C=O) groups is 1. The fraction of sp³-hybridized carbons (Fsp3) is 0.353. The van der Waals surface area contributed by atoms with Gasteiger partial charge in [0.1, 0.15) is 10.6 Å². The lowest BCUT2D eigenvalue weighted by Crippen LogP contribution is -2.67. The summed E-state index contributed by atoms with van der Waals surface area (Å²) in [6, 6.07) is 1.74. The number of hydrogen-bond acceptors (Lipinski definition) is 8. The van der Waals surface area contributed by atoms with Crippen LogP contribution in [-0.2, 0) is 0 Å². The molecule has 0 saturated carbocycles. The Bertz CT molecular complexity index is 1080. The fourth-order valence-corrected chi connectivity index (χ4v) is 4.40. The number of anilines is 1. The topological polar surface area (TPSA) is 101 Å². The minimum absolute atomic E-state index is 0.00593. The van der Waals surface area contributed by atoms with Gasteiger partial charge in [0.05, 0.1) is 5.56 Å². The van der Waals surface area contributed by atoms with Gasteiger partial charge in [0, 0.05) is 36.8 Å². The lowest BCUT2D eigenvalue weighted by Gasteiger charge is -2.47. The second-order valence-corrected chi connectivity index (χ2v) is 7.76. The summed E-state index contributed by atoms with van der Waals surface area (Å²) in [6.07, 6.45) is -2.56. The highest BCUT2D eigenvalue weighted by molar-refractivity contribution is 7.13. The summed E-state index contributed by atoms with van der Waals surface area (Å²) in [7, 11) is 0. The SMILES string of the molecule is O=C(O)c1cc(-c2nccs2)c2oc(N3CC4CC(C3)N4)nc2c1OC(F)(F)F. The van der Waals surface area contributed by atoms with E-state index in [1.807, 2.05) is 4.90 Å². The molecule has 1 aromatic carbocycles. The Morgan fingerprint density at radius 1 is 1.38 bits per heavy atom. The predicted molar refractivity (Wildman–Crippen MR) is 96.3 cm³/mol. The summed E-state index contributed by atoms with van der Waals surface area (Å²) >= 11 is 1.20. The van der Waals surface area contributed by atoms with Crippen LogP contribution in [-0.4, -0.2) is 52.6 Å². The average Bonchev–Trinajstić information content (AvgIpc) is 3.30. The number of thiazole rings is 1. The van der Waals surface area contributed by atoms with Crippen LogP contribution in [0.25, 0.3) is 21.7 Å². The molecule has 0 aliphatic carbocycles. The number of nitrogens with one attached hydrogen (secondary N) is 1. The molecule has 3 saturated heterocycles. The Morgan fingerprint density at radius 3 is 2.69 bits per heavy atom. The van der Waals surface area contributed by atoms with Gasteiger partial charge < -0.3 is 24.5 Å². The summed E-state index contributed by atoms with van der Waals surface area (Å²) in [4.78, 5) is 21.9. The zero-order valence-corrected chi connectivity index (χ0v) is 15.4. The number of aromatic carboxylic acids is 1. The Kier molecular flexibility index (Phi) is 3.96. The third kappa shape index (κ3) is 3.17. The molecule has 2 unspecified atom stereocenters. The molecule has 5 heterocycles. The van der Waals surface area contributed by atoms with Crippen LogP contribution in [0.5, 0.6) is 5.75 Å². The van der Waals surface area contributed by atoms with Gasteiger partial charge >= 0.3 is 12.3 Å². The van der Waals surface area contributed by atoms with Gasteiger partial charge in [-0.05, 0) is 12.5 Å². The van der Waals surface area contributed by atoms with Crippen molar-refractivity contribution in [1.29, 1.82) is 0 Å². The van der Waals surface area contributed by atoms with Crippen LogP contribution < -0.4 is 15.0 Å². The van der Waals surface area contributed by atoms with Crippen molar-refractivity contribution < 1.29 is 32.2 Å². The standard InChI is InChI=1S/C17H13F3N4O4S/c18-17(19,20)28-13-10(15(25)26)4-9(14-21-1-2-29-14)12-11(13)23-16(27-12)24-5-7-3-8(6-24)22-7/h1-2,4,7-8,22H,3,5-6H2,(H,25,26). The van der Waals surface area contributed by atoms with Gasteiger partial charge in [0.25, 0.3) is 6.01 Å². The van der Waals surface area contributed by atoms with Gasteiger partial charge in [-0.2, -0.15) is 4.98 Å². The van der Waals surface area contributed by atoms with E-state index in [1.165, 1.54) is 17.5 Å². The van der Waals surface area contributed by atoms with Crippen LogP contribution in [0.4, 0.5) is 19.2 Å². The van der Waals surface area contributed by atoms with Crippen LogP contribution in [0.1, 0.15) is 16.8 Å². The van der Waals surface area contributed by atoms with Gasteiger partial charge in [-0.1, -0.05) is 0 Å². The Hall–Kier alpha value is -2.86. The first-order valence-electron chi connectivity index (χ1n) is 8.66. The van der Waals surface area contributed by atoms with Crippen molar-refractivity contribution in [2.45, 2.75) is 24.9 Å². The van der Waals surface area contributed by atoms with E-state index >= 15 is 0 Å². The minimum atomic E-state index is -5.09. The number of hydrogen-bond donors (Lipinski definition) is 2. The molecule has 2 bridgehead atoms. The van der Waals surface area contributed by atoms with E-state index in [0.29, 0.717) is 18.1 Å². The van der Waals surface area contributed by atoms with E-state index in [2.05, 4.69) is 20.0 Å². The number of fused-ring (bicyclic) bond motifs is 3. The largest absolute Gasteiger partial charge is 0.573 e. The number of piperidine rings is 1. The van der Waals surface area contributed by atoms with Gasteiger partial charge in [0.2, 0.25) is 0 Å². The van der Waals surface area contributed by atoms with Crippen molar-refractivity contribution >= 4 is 34.4 Å². The Labute approximate surface area is 164 Å². The number of aromatic nitrogens is 2. The molecule has 3 aromatic rings. The van der Waals surface area contributed by atoms with Crippen LogP contribution in [0, 0.1) is 0 Å². The molecule has 3 fully saturated rings. The molecular weight excluding hydrogens is 413 g/mol. The Balaban J connectivity index is 1.72. The van der Waals surface area contributed by atoms with Crippen LogP contribution in [0.3, 0.4) is 0 Å². The van der Waals surface area contributed by atoms with Gasteiger partial charge in [-0.15, -0.1) is 24.5 Å². The number of benzene rings is 1. The molecule has 12 heteroatoms. The highest BCUT2D eigenvalue weighted by Crippen LogP contribution is 2.42. The molecule has 8 nitrogen and oxygen atoms in total. The maximum atomic E-state index is 13.0. The van der Waals surface area contributed by atoms with Crippen LogP contribution in [0.15, 0.2) is 22.1 Å². The number of nitrogens with zero attached hydrogens (tertiary/aromatic N) is 3. The number of alkyl halides is 3. The molecule has 152 valence electrons. The molecule has 0 amide bonds. The zero-order valence-electron chi connectivity index (χ0n) is 14.6. The first kappa shape index (κ1) is 18.2. The van der Waals surface area contributed by atoms with Crippen molar-refractivity contribution in [2.24, 2.45) is 0 Å². The number of oxazole rings is 1. The van der Waals surface area contributed by atoms with Crippen molar-refractivity contribution in [3.8, 4) is 16.3 Å². The fourth-order valence-electron chi connectivity index (χ4n) is 3.75. The minimum Gasteiger partial charge on any atom is -0.478 e. The summed E-state index contributed by atoms with van der Waals surface area (Å²) in [5.41, 5.74) is -0.704. The number of carboxylic acid groups (broad SMARTS) is 1. The normalized spacial score (nSPS) is 21.3. The van der Waals surface area contributed by atoms with Crippen molar-refractivity contribution in [3.05, 3.63) is 23.2 Å². The number of piperazine rings is 1. The van der Waals surface area contributed by atoms with Gasteiger partial charge in [-0.25, -0.2) is 9.78 Å². The predicted octanol–water partition coefficient (Wildman–Crippen LogP) is 3.10. The van der Waals surface area contributed by atoms with E-state index in [9.17, 15) is 23.1 Å². The molecule has 2 N–H and O–H groups in total. The van der Waals surface area contributed by atoms with Crippen LogP contribution in [0.2, 0.25) is 0 Å². The molecule has 6 rings (SSSR count). The third-order valence-corrected chi connectivity index (χ3v) is 5.72. The van der Waals surface area contributed by atoms with E-state index < -0.39 is 23.6 Å². The first-order valence-corrected chi connectivity index (χ1v) is 9.54.